The van der Waals surface area contributed by atoms with Crippen LogP contribution in [0.5, 0.6) is 23.0 Å². The summed E-state index contributed by atoms with van der Waals surface area (Å²) in [7, 11) is 4.77. The number of aromatic amines is 1. The number of nitrogens with one attached hydrogen (secondary N) is 1. The summed E-state index contributed by atoms with van der Waals surface area (Å²) in [5.41, 5.74) is 1.75. The van der Waals surface area contributed by atoms with Crippen molar-refractivity contribution in [2.45, 2.75) is 12.5 Å². The lowest BCUT2D eigenvalue weighted by Gasteiger charge is -2.37. The van der Waals surface area contributed by atoms with Crippen molar-refractivity contribution in [3.05, 3.63) is 75.7 Å². The topological polar surface area (TPSA) is 103 Å². The minimum Gasteiger partial charge on any atom is -0.497 e. The number of hydrogen-bond donors (Lipinski definition) is 1. The number of nitrogens with zero attached hydrogens (tertiary/aromatic N) is 2. The Balaban J connectivity index is 1.68. The molecule has 9 heteroatoms. The van der Waals surface area contributed by atoms with Crippen LogP contribution in [0.25, 0.3) is 0 Å². The highest BCUT2D eigenvalue weighted by molar-refractivity contribution is 5.92. The average Bonchev–Trinajstić information content (AvgIpc) is 2.86. The van der Waals surface area contributed by atoms with Crippen molar-refractivity contribution >= 4 is 5.91 Å². The second-order valence-corrected chi connectivity index (χ2v) is 7.46. The van der Waals surface area contributed by atoms with Gasteiger partial charge in [0.05, 0.1) is 27.4 Å². The molecule has 33 heavy (non-hydrogen) atoms. The van der Waals surface area contributed by atoms with E-state index in [1.54, 1.807) is 26.2 Å². The summed E-state index contributed by atoms with van der Waals surface area (Å²) in [5.74, 6) is 2.28. The van der Waals surface area contributed by atoms with Gasteiger partial charge in [0.25, 0.3) is 11.5 Å². The number of amides is 1. The molecule has 1 atom stereocenters. The van der Waals surface area contributed by atoms with Crippen molar-refractivity contribution in [3.8, 4) is 23.0 Å². The summed E-state index contributed by atoms with van der Waals surface area (Å²) in [4.78, 5) is 26.4. The van der Waals surface area contributed by atoms with Gasteiger partial charge in [-0.15, -0.1) is 0 Å². The van der Waals surface area contributed by atoms with Gasteiger partial charge in [-0.25, -0.2) is 5.10 Å². The summed E-state index contributed by atoms with van der Waals surface area (Å²) in [5, 5.41) is 6.24. The van der Waals surface area contributed by atoms with Crippen LogP contribution in [0.15, 0.2) is 53.3 Å². The molecule has 0 fully saturated rings. The molecule has 4 rings (SSSR count). The lowest BCUT2D eigenvalue weighted by molar-refractivity contribution is 0.0582. The Bertz CT molecular complexity index is 1170. The highest BCUT2D eigenvalue weighted by atomic mass is 16.5. The van der Waals surface area contributed by atoms with Gasteiger partial charge in [0.1, 0.15) is 23.8 Å². The molecular weight excluding hydrogens is 426 g/mol. The quantitative estimate of drug-likeness (QED) is 0.589. The molecule has 1 unspecified atom stereocenters. The maximum absolute atomic E-state index is 13.3. The van der Waals surface area contributed by atoms with Gasteiger partial charge >= 0.3 is 0 Å². The van der Waals surface area contributed by atoms with Gasteiger partial charge in [-0.3, -0.25) is 9.59 Å². The first kappa shape index (κ1) is 22.2. The molecule has 0 bridgehead atoms. The van der Waals surface area contributed by atoms with E-state index in [1.165, 1.54) is 12.1 Å². The number of methoxy groups -OCH3 is 3. The summed E-state index contributed by atoms with van der Waals surface area (Å²) >= 11 is 0. The molecule has 1 aromatic heterocycles. The highest BCUT2D eigenvalue weighted by Crippen LogP contribution is 2.39. The molecule has 3 aromatic rings. The zero-order valence-corrected chi connectivity index (χ0v) is 18.7. The van der Waals surface area contributed by atoms with Crippen LogP contribution >= 0.6 is 0 Å². The molecule has 2 aromatic carbocycles. The number of ether oxygens (including phenoxy) is 4. The van der Waals surface area contributed by atoms with E-state index in [-0.39, 0.29) is 23.8 Å². The summed E-state index contributed by atoms with van der Waals surface area (Å²) in [6.07, 6.45) is 0.629. The normalized spacial score (nSPS) is 14.9. The van der Waals surface area contributed by atoms with E-state index in [2.05, 4.69) is 10.2 Å². The predicted octanol–water partition coefficient (Wildman–Crippen LogP) is 2.61. The Morgan fingerprint density at radius 1 is 1.00 bits per heavy atom. The summed E-state index contributed by atoms with van der Waals surface area (Å²) < 4.78 is 22.2. The number of carbonyl (C=O) groups is 1. The Morgan fingerprint density at radius 2 is 1.70 bits per heavy atom. The number of hydrogen-bond acceptors (Lipinski definition) is 7. The average molecular weight is 451 g/mol. The van der Waals surface area contributed by atoms with Crippen LogP contribution in [0, 0.1) is 0 Å². The van der Waals surface area contributed by atoms with E-state index >= 15 is 0 Å². The minimum absolute atomic E-state index is 0.160. The fraction of sp³-hybridized carbons (Fsp3) is 0.292. The number of carbonyl (C=O) groups excluding carboxylic acids is 1. The monoisotopic (exact) mass is 451 g/mol. The largest absolute Gasteiger partial charge is 0.497 e. The maximum Gasteiger partial charge on any atom is 0.274 e. The Labute approximate surface area is 190 Å². The van der Waals surface area contributed by atoms with Crippen molar-refractivity contribution in [2.75, 3.05) is 34.5 Å². The third-order valence-corrected chi connectivity index (χ3v) is 5.63. The molecule has 1 aliphatic rings. The number of fused-ring (bicyclic) bond motifs is 1. The van der Waals surface area contributed by atoms with Gasteiger partial charge < -0.3 is 23.8 Å². The fourth-order valence-corrected chi connectivity index (χ4v) is 3.91. The van der Waals surface area contributed by atoms with Crippen LogP contribution in [0.4, 0.5) is 0 Å². The highest BCUT2D eigenvalue weighted by Gasteiger charge is 2.34. The Kier molecular flexibility index (Phi) is 6.48. The molecule has 2 heterocycles. The Hall–Kier alpha value is -4.01. The number of H-pyrrole nitrogens is 1. The minimum atomic E-state index is -0.406. The molecule has 0 saturated carbocycles. The van der Waals surface area contributed by atoms with Crippen LogP contribution in [0.3, 0.4) is 0 Å². The zero-order valence-electron chi connectivity index (χ0n) is 18.7. The van der Waals surface area contributed by atoms with Gasteiger partial charge in [-0.2, -0.15) is 5.10 Å². The molecule has 1 N–H and O–H groups in total. The summed E-state index contributed by atoms with van der Waals surface area (Å²) in [6.45, 7) is 0.669. The molecule has 0 aliphatic carbocycles. The van der Waals surface area contributed by atoms with Gasteiger partial charge in [0.2, 0.25) is 0 Å². The third kappa shape index (κ3) is 4.62. The second-order valence-electron chi connectivity index (χ2n) is 7.46. The standard InChI is InChI=1S/C24H25N3O6/c1-30-16-4-6-17(7-5-16)33-14-20-18-13-22(32-3)21(31-2)12-15(18)10-11-27(20)24(29)19-8-9-23(28)26-25-19/h4-9,12-13,20H,10-11,14H2,1-3H3,(H,26,28). The van der Waals surface area contributed by atoms with Crippen molar-refractivity contribution < 1.29 is 23.7 Å². The Morgan fingerprint density at radius 3 is 2.33 bits per heavy atom. The SMILES string of the molecule is COc1ccc(OCC2c3cc(OC)c(OC)cc3CCN2C(=O)c2ccc(=O)[nH]n2)cc1. The lowest BCUT2D eigenvalue weighted by Crippen LogP contribution is -2.43. The fourth-order valence-electron chi connectivity index (χ4n) is 3.91. The third-order valence-electron chi connectivity index (χ3n) is 5.63. The molecule has 0 radical (unpaired) electrons. The first-order valence-electron chi connectivity index (χ1n) is 10.4. The van der Waals surface area contributed by atoms with E-state index in [0.717, 1.165) is 16.9 Å². The zero-order chi connectivity index (χ0) is 23.4. The molecular formula is C24H25N3O6. The van der Waals surface area contributed by atoms with E-state index in [0.29, 0.717) is 30.2 Å². The van der Waals surface area contributed by atoms with E-state index in [9.17, 15) is 9.59 Å². The van der Waals surface area contributed by atoms with Crippen molar-refractivity contribution in [3.63, 3.8) is 0 Å². The van der Waals surface area contributed by atoms with Crippen molar-refractivity contribution in [1.82, 2.24) is 15.1 Å². The number of benzene rings is 2. The smallest absolute Gasteiger partial charge is 0.274 e. The van der Waals surface area contributed by atoms with Crippen LogP contribution in [0.1, 0.15) is 27.7 Å². The second kappa shape index (κ2) is 9.64. The lowest BCUT2D eigenvalue weighted by atomic mass is 9.91. The molecule has 0 spiro atoms. The van der Waals surface area contributed by atoms with Crippen LogP contribution in [-0.4, -0.2) is 55.5 Å². The van der Waals surface area contributed by atoms with Gasteiger partial charge in [-0.05, 0) is 60.0 Å². The predicted molar refractivity (Wildman–Crippen MR) is 120 cm³/mol. The van der Waals surface area contributed by atoms with Gasteiger partial charge in [0.15, 0.2) is 11.5 Å². The van der Waals surface area contributed by atoms with Gasteiger partial charge in [0, 0.05) is 12.6 Å². The molecule has 1 amide bonds. The maximum atomic E-state index is 13.3. The van der Waals surface area contributed by atoms with Crippen LogP contribution in [-0.2, 0) is 6.42 Å². The van der Waals surface area contributed by atoms with Crippen molar-refractivity contribution in [1.29, 1.82) is 0 Å². The van der Waals surface area contributed by atoms with Crippen LogP contribution in [0.2, 0.25) is 0 Å². The first-order valence-corrected chi connectivity index (χ1v) is 10.4. The number of rotatable bonds is 7. The molecule has 1 aliphatic heterocycles. The first-order chi connectivity index (χ1) is 16.0. The van der Waals surface area contributed by atoms with E-state index in [1.807, 2.05) is 36.4 Å². The molecule has 9 nitrogen and oxygen atoms in total. The van der Waals surface area contributed by atoms with Gasteiger partial charge in [-0.1, -0.05) is 0 Å². The van der Waals surface area contributed by atoms with Crippen LogP contribution < -0.4 is 24.5 Å². The van der Waals surface area contributed by atoms with Crippen molar-refractivity contribution in [2.24, 2.45) is 0 Å². The molecule has 172 valence electrons. The molecule has 0 saturated heterocycles. The van der Waals surface area contributed by atoms with E-state index in [4.69, 9.17) is 18.9 Å². The number of aromatic nitrogens is 2. The summed E-state index contributed by atoms with van der Waals surface area (Å²) in [6, 6.07) is 13.4. The van der Waals surface area contributed by atoms with E-state index < -0.39 is 6.04 Å².